The molecule has 1 amide bonds. The third-order valence-corrected chi connectivity index (χ3v) is 5.14. The lowest BCUT2D eigenvalue weighted by Gasteiger charge is -2.39. The molecular formula is C18H20F3N3O3. The predicted octanol–water partition coefficient (Wildman–Crippen LogP) is 3.20. The van der Waals surface area contributed by atoms with Gasteiger partial charge in [0.25, 0.3) is 0 Å². The molecule has 6 nitrogen and oxygen atoms in total. The number of nitrogens with zero attached hydrogens (tertiary/aromatic N) is 2. The molecule has 2 atom stereocenters. The van der Waals surface area contributed by atoms with Gasteiger partial charge in [0, 0.05) is 0 Å². The molecule has 2 aromatic rings. The number of rotatable bonds is 4. The third kappa shape index (κ3) is 3.77. The maximum atomic E-state index is 13.3. The zero-order valence-electron chi connectivity index (χ0n) is 14.7. The summed E-state index contributed by atoms with van der Waals surface area (Å²) in [6, 6.07) is 6.05. The zero-order valence-corrected chi connectivity index (χ0v) is 14.7. The van der Waals surface area contributed by atoms with Gasteiger partial charge in [0.2, 0.25) is 11.7 Å². The summed E-state index contributed by atoms with van der Waals surface area (Å²) in [7, 11) is 0. The topological polar surface area (TPSA) is 84.2 Å². The van der Waals surface area contributed by atoms with Gasteiger partial charge in [-0.15, -0.1) is 0 Å². The molecule has 1 heterocycles. The number of aliphatic carboxylic acids is 1. The molecule has 1 saturated carbocycles. The van der Waals surface area contributed by atoms with Crippen LogP contribution in [0, 0.1) is 5.92 Å². The molecule has 2 N–H and O–H groups in total. The van der Waals surface area contributed by atoms with Crippen molar-refractivity contribution < 1.29 is 27.9 Å². The average molecular weight is 383 g/mol. The molecule has 1 aliphatic rings. The van der Waals surface area contributed by atoms with Crippen LogP contribution in [0.4, 0.5) is 13.2 Å². The Morgan fingerprint density at radius 2 is 2.04 bits per heavy atom. The average Bonchev–Trinajstić information content (AvgIpc) is 2.93. The lowest BCUT2D eigenvalue weighted by molar-refractivity contribution is -0.147. The van der Waals surface area contributed by atoms with E-state index in [2.05, 4.69) is 10.3 Å². The Bertz CT molecular complexity index is 878. The van der Waals surface area contributed by atoms with Crippen molar-refractivity contribution in [3.8, 4) is 0 Å². The molecule has 1 aromatic heterocycles. The molecule has 0 spiro atoms. The molecule has 146 valence electrons. The van der Waals surface area contributed by atoms with Crippen molar-refractivity contribution in [2.75, 3.05) is 0 Å². The van der Waals surface area contributed by atoms with E-state index < -0.39 is 41.9 Å². The summed E-state index contributed by atoms with van der Waals surface area (Å²) in [6.07, 6.45) is -2.33. The molecule has 1 fully saturated rings. The van der Waals surface area contributed by atoms with Gasteiger partial charge in [-0.3, -0.25) is 9.59 Å². The Labute approximate surface area is 153 Å². The van der Waals surface area contributed by atoms with Crippen molar-refractivity contribution in [3.63, 3.8) is 0 Å². The molecule has 1 aromatic carbocycles. The number of nitrogens with one attached hydrogen (secondary N) is 1. The number of fused-ring (bicyclic) bond motifs is 1. The summed E-state index contributed by atoms with van der Waals surface area (Å²) in [5.41, 5.74) is -0.649. The highest BCUT2D eigenvalue weighted by Crippen LogP contribution is 2.34. The highest BCUT2D eigenvalue weighted by Gasteiger charge is 2.43. The van der Waals surface area contributed by atoms with E-state index in [4.69, 9.17) is 0 Å². The second-order valence-electron chi connectivity index (χ2n) is 7.11. The summed E-state index contributed by atoms with van der Waals surface area (Å²) >= 11 is 0. The first-order valence-electron chi connectivity index (χ1n) is 8.68. The first kappa shape index (κ1) is 19.2. The minimum absolute atomic E-state index is 0.143. The van der Waals surface area contributed by atoms with E-state index >= 15 is 0 Å². The molecule has 0 radical (unpaired) electrons. The minimum Gasteiger partial charge on any atom is -0.481 e. The van der Waals surface area contributed by atoms with Crippen LogP contribution < -0.4 is 5.32 Å². The van der Waals surface area contributed by atoms with Gasteiger partial charge in [0.1, 0.15) is 6.54 Å². The van der Waals surface area contributed by atoms with Crippen LogP contribution in [0.2, 0.25) is 0 Å². The number of carbonyl (C=O) groups is 2. The number of carboxylic acid groups (broad SMARTS) is 1. The van der Waals surface area contributed by atoms with E-state index in [0.717, 1.165) is 17.4 Å². The standard InChI is InChI=1S/C18H20F3N3O3/c1-17(9-5-4-6-11(17)15(26)27)23-14(25)10-24-13-8-3-2-7-12(13)22-16(24)18(19,20)21/h2-3,7-8,11H,4-6,9-10H2,1H3,(H,23,25)(H,26,27). The van der Waals surface area contributed by atoms with Gasteiger partial charge in [0.15, 0.2) is 0 Å². The van der Waals surface area contributed by atoms with E-state index in [0.29, 0.717) is 12.8 Å². The van der Waals surface area contributed by atoms with Crippen molar-refractivity contribution in [2.24, 2.45) is 5.92 Å². The highest BCUT2D eigenvalue weighted by atomic mass is 19.4. The number of para-hydroxylation sites is 2. The summed E-state index contributed by atoms with van der Waals surface area (Å²) in [5, 5.41) is 12.1. The van der Waals surface area contributed by atoms with Crippen LogP contribution in [0.25, 0.3) is 11.0 Å². The summed E-state index contributed by atoms with van der Waals surface area (Å²) in [4.78, 5) is 27.7. The predicted molar refractivity (Wildman–Crippen MR) is 90.9 cm³/mol. The van der Waals surface area contributed by atoms with E-state index in [9.17, 15) is 27.9 Å². The van der Waals surface area contributed by atoms with Gasteiger partial charge in [-0.05, 0) is 31.9 Å². The second kappa shape index (κ2) is 6.86. The van der Waals surface area contributed by atoms with Crippen molar-refractivity contribution in [1.82, 2.24) is 14.9 Å². The van der Waals surface area contributed by atoms with E-state index in [-0.39, 0.29) is 11.0 Å². The van der Waals surface area contributed by atoms with Crippen molar-refractivity contribution in [2.45, 2.75) is 50.9 Å². The summed E-state index contributed by atoms with van der Waals surface area (Å²) in [6.45, 7) is 1.05. The Morgan fingerprint density at radius 1 is 1.33 bits per heavy atom. The first-order valence-corrected chi connectivity index (χ1v) is 8.68. The number of carboxylic acids is 1. The highest BCUT2D eigenvalue weighted by molar-refractivity contribution is 5.82. The van der Waals surface area contributed by atoms with Gasteiger partial charge in [-0.1, -0.05) is 25.0 Å². The quantitative estimate of drug-likeness (QED) is 0.849. The maximum Gasteiger partial charge on any atom is 0.449 e. The molecular weight excluding hydrogens is 363 g/mol. The smallest absolute Gasteiger partial charge is 0.449 e. The fourth-order valence-electron chi connectivity index (χ4n) is 3.83. The van der Waals surface area contributed by atoms with Gasteiger partial charge in [0.05, 0.1) is 22.5 Å². The molecule has 0 saturated heterocycles. The molecule has 0 bridgehead atoms. The van der Waals surface area contributed by atoms with Crippen LogP contribution in [0.3, 0.4) is 0 Å². The fourth-order valence-corrected chi connectivity index (χ4v) is 3.83. The molecule has 9 heteroatoms. The zero-order chi connectivity index (χ0) is 19.8. The van der Waals surface area contributed by atoms with Crippen molar-refractivity contribution in [3.05, 3.63) is 30.1 Å². The lowest BCUT2D eigenvalue weighted by atomic mass is 9.74. The van der Waals surface area contributed by atoms with Crippen LogP contribution in [-0.2, 0) is 22.3 Å². The lowest BCUT2D eigenvalue weighted by Crippen LogP contribution is -2.56. The SMILES string of the molecule is CC1(NC(=O)Cn2c(C(F)(F)F)nc3ccccc32)CCCCC1C(=O)O. The Balaban J connectivity index is 1.89. The van der Waals surface area contributed by atoms with Crippen LogP contribution >= 0.6 is 0 Å². The Morgan fingerprint density at radius 3 is 2.70 bits per heavy atom. The number of alkyl halides is 3. The van der Waals surface area contributed by atoms with E-state index in [1.165, 1.54) is 12.1 Å². The number of hydrogen-bond acceptors (Lipinski definition) is 3. The number of aromatic nitrogens is 2. The number of amides is 1. The van der Waals surface area contributed by atoms with Gasteiger partial charge in [-0.2, -0.15) is 13.2 Å². The number of halogens is 3. The monoisotopic (exact) mass is 383 g/mol. The molecule has 27 heavy (non-hydrogen) atoms. The fraction of sp³-hybridized carbons (Fsp3) is 0.500. The summed E-state index contributed by atoms with van der Waals surface area (Å²) in [5.74, 6) is -3.60. The number of hydrogen-bond donors (Lipinski definition) is 2. The van der Waals surface area contributed by atoms with Gasteiger partial charge >= 0.3 is 12.1 Å². The van der Waals surface area contributed by atoms with Gasteiger partial charge in [-0.25, -0.2) is 4.98 Å². The molecule has 3 rings (SSSR count). The second-order valence-corrected chi connectivity index (χ2v) is 7.11. The van der Waals surface area contributed by atoms with Crippen LogP contribution in [0.1, 0.15) is 38.4 Å². The van der Waals surface area contributed by atoms with Crippen molar-refractivity contribution >= 4 is 22.9 Å². The van der Waals surface area contributed by atoms with Crippen LogP contribution in [0.15, 0.2) is 24.3 Å². The van der Waals surface area contributed by atoms with E-state index in [1.54, 1.807) is 19.1 Å². The molecule has 2 unspecified atom stereocenters. The molecule has 0 aliphatic heterocycles. The van der Waals surface area contributed by atoms with Crippen LogP contribution in [0.5, 0.6) is 0 Å². The van der Waals surface area contributed by atoms with Crippen molar-refractivity contribution in [1.29, 1.82) is 0 Å². The van der Waals surface area contributed by atoms with Gasteiger partial charge < -0.3 is 15.0 Å². The Kier molecular flexibility index (Phi) is 4.88. The minimum atomic E-state index is -4.71. The summed E-state index contributed by atoms with van der Waals surface area (Å²) < 4.78 is 40.9. The molecule has 1 aliphatic carbocycles. The Hall–Kier alpha value is -2.58. The number of benzene rings is 1. The maximum absolute atomic E-state index is 13.3. The first-order chi connectivity index (χ1) is 12.6. The number of carbonyl (C=O) groups excluding carboxylic acids is 1. The van der Waals surface area contributed by atoms with Crippen LogP contribution in [-0.4, -0.2) is 32.1 Å². The third-order valence-electron chi connectivity index (χ3n) is 5.14. The number of imidazole rings is 1. The normalized spacial score (nSPS) is 23.3. The largest absolute Gasteiger partial charge is 0.481 e. The van der Waals surface area contributed by atoms with E-state index in [1.807, 2.05) is 0 Å².